The molecule has 1 fully saturated rings. The van der Waals surface area contributed by atoms with E-state index in [9.17, 15) is 4.79 Å². The van der Waals surface area contributed by atoms with Gasteiger partial charge >= 0.3 is 0 Å². The molecule has 1 aliphatic carbocycles. The monoisotopic (exact) mass is 251 g/mol. The maximum atomic E-state index is 12.1. The zero-order chi connectivity index (χ0) is 12.4. The fourth-order valence-electron chi connectivity index (χ4n) is 2.39. The molecule has 2 unspecified atom stereocenters. The van der Waals surface area contributed by atoms with E-state index in [0.29, 0.717) is 0 Å². The van der Waals surface area contributed by atoms with Crippen molar-refractivity contribution in [2.75, 3.05) is 0 Å². The summed E-state index contributed by atoms with van der Waals surface area (Å²) in [4.78, 5) is 12.1. The predicted molar refractivity (Wildman–Crippen MR) is 70.7 cm³/mol. The Kier molecular flexibility index (Phi) is 3.72. The first-order valence-corrected chi connectivity index (χ1v) is 6.54. The van der Waals surface area contributed by atoms with Gasteiger partial charge in [0, 0.05) is 11.6 Å². The molecule has 2 atom stereocenters. The summed E-state index contributed by atoms with van der Waals surface area (Å²) in [7, 11) is 0. The van der Waals surface area contributed by atoms with E-state index in [1.165, 1.54) is 5.56 Å². The minimum atomic E-state index is 0.0000463. The first-order chi connectivity index (χ1) is 8.08. The van der Waals surface area contributed by atoms with Crippen LogP contribution < -0.4 is 5.32 Å². The third kappa shape index (κ3) is 2.81. The molecule has 0 radical (unpaired) electrons. The number of amides is 1. The molecule has 1 saturated carbocycles. The Morgan fingerprint density at radius 3 is 2.71 bits per heavy atom. The van der Waals surface area contributed by atoms with Crippen LogP contribution in [0.15, 0.2) is 18.2 Å². The molecule has 2 rings (SSSR count). The average molecular weight is 252 g/mol. The molecular weight excluding hydrogens is 234 g/mol. The highest BCUT2D eigenvalue weighted by Crippen LogP contribution is 2.24. The number of benzene rings is 1. The molecule has 0 bridgehead atoms. The molecule has 0 aliphatic heterocycles. The molecule has 1 aromatic rings. The standard InChI is InChI=1S/C14H18ClNO/c1-9-6-7-11(10(2)8-9)14(17)16-13-5-3-4-12(13)15/h6-8,12-13H,3-5H2,1-2H3,(H,16,17). The zero-order valence-electron chi connectivity index (χ0n) is 10.3. The van der Waals surface area contributed by atoms with Crippen molar-refractivity contribution in [1.82, 2.24) is 5.32 Å². The van der Waals surface area contributed by atoms with Gasteiger partial charge < -0.3 is 5.32 Å². The number of nitrogens with one attached hydrogen (secondary N) is 1. The third-order valence-corrected chi connectivity index (χ3v) is 3.90. The molecular formula is C14H18ClNO. The highest BCUT2D eigenvalue weighted by molar-refractivity contribution is 6.21. The summed E-state index contributed by atoms with van der Waals surface area (Å²) in [6, 6.07) is 6.01. The molecule has 0 spiro atoms. The van der Waals surface area contributed by atoms with Crippen molar-refractivity contribution >= 4 is 17.5 Å². The van der Waals surface area contributed by atoms with Crippen LogP contribution in [0.4, 0.5) is 0 Å². The maximum absolute atomic E-state index is 12.1. The number of halogens is 1. The lowest BCUT2D eigenvalue weighted by atomic mass is 10.0. The van der Waals surface area contributed by atoms with Gasteiger partial charge in [-0.15, -0.1) is 11.6 Å². The molecule has 2 nitrogen and oxygen atoms in total. The Morgan fingerprint density at radius 2 is 2.12 bits per heavy atom. The zero-order valence-corrected chi connectivity index (χ0v) is 11.1. The highest BCUT2D eigenvalue weighted by atomic mass is 35.5. The lowest BCUT2D eigenvalue weighted by Gasteiger charge is -2.16. The Bertz CT molecular complexity index is 430. The second kappa shape index (κ2) is 5.09. The van der Waals surface area contributed by atoms with Crippen molar-refractivity contribution in [2.45, 2.75) is 44.5 Å². The van der Waals surface area contributed by atoms with Gasteiger partial charge in [-0.3, -0.25) is 4.79 Å². The quantitative estimate of drug-likeness (QED) is 0.804. The van der Waals surface area contributed by atoms with Crippen molar-refractivity contribution in [3.05, 3.63) is 34.9 Å². The van der Waals surface area contributed by atoms with Gasteiger partial charge in [-0.2, -0.15) is 0 Å². The maximum Gasteiger partial charge on any atom is 0.251 e. The molecule has 1 amide bonds. The highest BCUT2D eigenvalue weighted by Gasteiger charge is 2.27. The Hall–Kier alpha value is -1.02. The van der Waals surface area contributed by atoms with Crippen LogP contribution >= 0.6 is 11.6 Å². The summed E-state index contributed by atoms with van der Waals surface area (Å²) >= 11 is 6.16. The number of hydrogen-bond donors (Lipinski definition) is 1. The van der Waals surface area contributed by atoms with Crippen LogP contribution in [0.1, 0.15) is 40.7 Å². The number of carbonyl (C=O) groups excluding carboxylic acids is 1. The van der Waals surface area contributed by atoms with Gasteiger partial charge in [0.25, 0.3) is 5.91 Å². The minimum absolute atomic E-state index is 0.0000463. The number of alkyl halides is 1. The fraction of sp³-hybridized carbons (Fsp3) is 0.500. The van der Waals surface area contributed by atoms with Crippen molar-refractivity contribution in [3.8, 4) is 0 Å². The Morgan fingerprint density at radius 1 is 1.35 bits per heavy atom. The van der Waals surface area contributed by atoms with Crippen LogP contribution in [-0.2, 0) is 0 Å². The lowest BCUT2D eigenvalue weighted by Crippen LogP contribution is -2.38. The number of aryl methyl sites for hydroxylation is 2. The van der Waals surface area contributed by atoms with Crippen LogP contribution in [0.25, 0.3) is 0 Å². The predicted octanol–water partition coefficient (Wildman–Crippen LogP) is 3.19. The molecule has 1 aromatic carbocycles. The molecule has 0 aromatic heterocycles. The average Bonchev–Trinajstić information content (AvgIpc) is 2.64. The van der Waals surface area contributed by atoms with E-state index in [2.05, 4.69) is 5.32 Å². The van der Waals surface area contributed by atoms with E-state index < -0.39 is 0 Å². The summed E-state index contributed by atoms with van der Waals surface area (Å²) in [6.07, 6.45) is 3.09. The summed E-state index contributed by atoms with van der Waals surface area (Å²) in [5, 5.41) is 3.12. The molecule has 0 saturated heterocycles. The van der Waals surface area contributed by atoms with Crippen LogP contribution in [0.3, 0.4) is 0 Å². The van der Waals surface area contributed by atoms with E-state index in [1.54, 1.807) is 0 Å². The SMILES string of the molecule is Cc1ccc(C(=O)NC2CCCC2Cl)c(C)c1. The normalized spacial score (nSPS) is 23.7. The molecule has 3 heteroatoms. The molecule has 1 aliphatic rings. The molecule has 17 heavy (non-hydrogen) atoms. The van der Waals surface area contributed by atoms with Crippen molar-refractivity contribution in [1.29, 1.82) is 0 Å². The van der Waals surface area contributed by atoms with Crippen LogP contribution in [0, 0.1) is 13.8 Å². The summed E-state index contributed by atoms with van der Waals surface area (Å²) in [5.74, 6) is 0.0000463. The lowest BCUT2D eigenvalue weighted by molar-refractivity contribution is 0.0937. The van der Waals surface area contributed by atoms with Gasteiger partial charge in [-0.25, -0.2) is 0 Å². The van der Waals surface area contributed by atoms with Crippen molar-refractivity contribution < 1.29 is 4.79 Å². The van der Waals surface area contributed by atoms with Gasteiger partial charge in [0.15, 0.2) is 0 Å². The van der Waals surface area contributed by atoms with E-state index in [0.717, 1.165) is 30.4 Å². The van der Waals surface area contributed by atoms with Crippen LogP contribution in [0.2, 0.25) is 0 Å². The number of carbonyl (C=O) groups is 1. The minimum Gasteiger partial charge on any atom is -0.348 e. The Labute approximate surface area is 107 Å². The van der Waals surface area contributed by atoms with Crippen molar-refractivity contribution in [2.24, 2.45) is 0 Å². The van der Waals surface area contributed by atoms with E-state index in [-0.39, 0.29) is 17.3 Å². The summed E-state index contributed by atoms with van der Waals surface area (Å²) in [5.41, 5.74) is 2.95. The van der Waals surface area contributed by atoms with Gasteiger partial charge in [0.2, 0.25) is 0 Å². The van der Waals surface area contributed by atoms with Gasteiger partial charge in [0.1, 0.15) is 0 Å². The second-order valence-corrected chi connectivity index (χ2v) is 5.41. The topological polar surface area (TPSA) is 29.1 Å². The van der Waals surface area contributed by atoms with Gasteiger partial charge in [-0.1, -0.05) is 17.7 Å². The van der Waals surface area contributed by atoms with Crippen molar-refractivity contribution in [3.63, 3.8) is 0 Å². The number of rotatable bonds is 2. The van der Waals surface area contributed by atoms with E-state index >= 15 is 0 Å². The molecule has 92 valence electrons. The van der Waals surface area contributed by atoms with Gasteiger partial charge in [-0.05, 0) is 44.7 Å². The van der Waals surface area contributed by atoms with Crippen LogP contribution in [0.5, 0.6) is 0 Å². The van der Waals surface area contributed by atoms with Gasteiger partial charge in [0.05, 0.1) is 5.38 Å². The largest absolute Gasteiger partial charge is 0.348 e. The second-order valence-electron chi connectivity index (χ2n) is 4.85. The smallest absolute Gasteiger partial charge is 0.251 e. The first kappa shape index (κ1) is 12.4. The van der Waals surface area contributed by atoms with E-state index in [4.69, 9.17) is 11.6 Å². The molecule has 0 heterocycles. The summed E-state index contributed by atoms with van der Waals surface area (Å²) in [6.45, 7) is 4.00. The Balaban J connectivity index is 2.09. The fourth-order valence-corrected chi connectivity index (χ4v) is 2.74. The summed E-state index contributed by atoms with van der Waals surface area (Å²) < 4.78 is 0. The van der Waals surface area contributed by atoms with Crippen LogP contribution in [-0.4, -0.2) is 17.3 Å². The first-order valence-electron chi connectivity index (χ1n) is 6.10. The van der Waals surface area contributed by atoms with E-state index in [1.807, 2.05) is 32.0 Å². The third-order valence-electron chi connectivity index (χ3n) is 3.37. The molecule has 1 N–H and O–H groups in total. The number of hydrogen-bond acceptors (Lipinski definition) is 1.